The number of hydrogen-bond acceptors (Lipinski definition) is 5. The van der Waals surface area contributed by atoms with Crippen molar-refractivity contribution in [2.45, 2.75) is 13.5 Å². The average Bonchev–Trinajstić information content (AvgIpc) is 3.30. The van der Waals surface area contributed by atoms with E-state index in [4.69, 9.17) is 0 Å². The largest absolute Gasteiger partial charge is 0.325 e. The van der Waals surface area contributed by atoms with Gasteiger partial charge in [0.2, 0.25) is 5.91 Å². The quantitative estimate of drug-likeness (QED) is 0.534. The van der Waals surface area contributed by atoms with Crippen LogP contribution >= 0.6 is 11.3 Å². The number of nitrogens with zero attached hydrogens (tertiary/aromatic N) is 3. The highest BCUT2D eigenvalue weighted by Crippen LogP contribution is 2.24. The molecular formula is C20H16N4O2S. The number of Topliss-reactive ketones (excluding diaryl/α,β-unsaturated/α-hetero) is 1. The number of para-hydroxylation sites is 2. The number of anilines is 1. The van der Waals surface area contributed by atoms with E-state index in [2.05, 4.69) is 15.3 Å². The van der Waals surface area contributed by atoms with E-state index in [9.17, 15) is 9.59 Å². The Morgan fingerprint density at radius 1 is 1.15 bits per heavy atom. The molecule has 0 radical (unpaired) electrons. The second-order valence-corrected chi connectivity index (χ2v) is 6.79. The molecule has 4 rings (SSSR count). The Balaban J connectivity index is 1.65. The molecule has 0 saturated heterocycles. The first kappa shape index (κ1) is 17.1. The second kappa shape index (κ2) is 7.13. The molecule has 0 aliphatic carbocycles. The average molecular weight is 376 g/mol. The minimum Gasteiger partial charge on any atom is -0.325 e. The van der Waals surface area contributed by atoms with Gasteiger partial charge < -0.3 is 9.88 Å². The highest BCUT2D eigenvalue weighted by Gasteiger charge is 2.16. The summed E-state index contributed by atoms with van der Waals surface area (Å²) in [6.45, 7) is 1.59. The molecule has 7 heteroatoms. The molecule has 2 aromatic heterocycles. The predicted molar refractivity (Wildman–Crippen MR) is 106 cm³/mol. The summed E-state index contributed by atoms with van der Waals surface area (Å²) in [4.78, 5) is 33.2. The lowest BCUT2D eigenvalue weighted by molar-refractivity contribution is -0.116. The van der Waals surface area contributed by atoms with Crippen molar-refractivity contribution >= 4 is 39.7 Å². The minimum absolute atomic E-state index is 0.0440. The Morgan fingerprint density at radius 2 is 2.00 bits per heavy atom. The summed E-state index contributed by atoms with van der Waals surface area (Å²) in [5.74, 6) is 0.415. The number of benzene rings is 2. The molecule has 0 aliphatic rings. The first-order valence-electron chi connectivity index (χ1n) is 8.36. The van der Waals surface area contributed by atoms with Gasteiger partial charge in [-0.25, -0.2) is 9.97 Å². The van der Waals surface area contributed by atoms with Crippen molar-refractivity contribution in [3.63, 3.8) is 0 Å². The van der Waals surface area contributed by atoms with E-state index in [0.29, 0.717) is 17.1 Å². The van der Waals surface area contributed by atoms with Crippen LogP contribution in [-0.4, -0.2) is 26.2 Å². The SMILES string of the molecule is CC(=O)c1cccc(NC(=O)Cn2c(-c3cscn3)nc3ccccc32)c1. The van der Waals surface area contributed by atoms with Crippen LogP contribution in [0.25, 0.3) is 22.6 Å². The zero-order valence-corrected chi connectivity index (χ0v) is 15.4. The van der Waals surface area contributed by atoms with Gasteiger partial charge in [0.05, 0.1) is 16.5 Å². The van der Waals surface area contributed by atoms with Crippen LogP contribution in [0.3, 0.4) is 0 Å². The standard InChI is InChI=1S/C20H16N4O2S/c1-13(25)14-5-4-6-15(9-14)22-19(26)10-24-18-8-3-2-7-16(18)23-20(24)17-11-27-12-21-17/h2-9,11-12H,10H2,1H3,(H,22,26). The van der Waals surface area contributed by atoms with E-state index >= 15 is 0 Å². The molecule has 27 heavy (non-hydrogen) atoms. The first-order chi connectivity index (χ1) is 13.1. The van der Waals surface area contributed by atoms with Gasteiger partial charge in [-0.05, 0) is 31.2 Å². The van der Waals surface area contributed by atoms with Crippen LogP contribution in [0.5, 0.6) is 0 Å². The van der Waals surface area contributed by atoms with Gasteiger partial charge in [0.15, 0.2) is 11.6 Å². The number of carbonyl (C=O) groups excluding carboxylic acids is 2. The molecule has 0 unspecified atom stereocenters. The summed E-state index contributed by atoms with van der Waals surface area (Å²) in [5.41, 5.74) is 5.31. The lowest BCUT2D eigenvalue weighted by Crippen LogP contribution is -2.19. The maximum Gasteiger partial charge on any atom is 0.244 e. The number of hydrogen-bond donors (Lipinski definition) is 1. The van der Waals surface area contributed by atoms with Crippen molar-refractivity contribution in [2.24, 2.45) is 0 Å². The van der Waals surface area contributed by atoms with Crippen molar-refractivity contribution in [1.29, 1.82) is 0 Å². The minimum atomic E-state index is -0.199. The molecule has 4 aromatic rings. The summed E-state index contributed by atoms with van der Waals surface area (Å²) in [5, 5.41) is 4.76. The predicted octanol–water partition coefficient (Wildman–Crippen LogP) is 4.00. The van der Waals surface area contributed by atoms with Gasteiger partial charge in [0, 0.05) is 16.6 Å². The Morgan fingerprint density at radius 3 is 2.78 bits per heavy atom. The summed E-state index contributed by atoms with van der Waals surface area (Å²) >= 11 is 1.48. The van der Waals surface area contributed by atoms with Gasteiger partial charge >= 0.3 is 0 Å². The molecule has 0 fully saturated rings. The van der Waals surface area contributed by atoms with Crippen molar-refractivity contribution in [2.75, 3.05) is 5.32 Å². The Kier molecular flexibility index (Phi) is 4.52. The summed E-state index contributed by atoms with van der Waals surface area (Å²) in [6, 6.07) is 14.6. The lowest BCUT2D eigenvalue weighted by atomic mass is 10.1. The molecule has 134 valence electrons. The number of fused-ring (bicyclic) bond motifs is 1. The number of carbonyl (C=O) groups is 2. The molecule has 2 aromatic carbocycles. The molecule has 0 atom stereocenters. The summed E-state index contributed by atoms with van der Waals surface area (Å²) < 4.78 is 1.86. The van der Waals surface area contributed by atoms with Crippen LogP contribution < -0.4 is 5.32 Å². The van der Waals surface area contributed by atoms with Crippen molar-refractivity contribution in [3.05, 3.63) is 65.0 Å². The third-order valence-corrected chi connectivity index (χ3v) is 4.76. The van der Waals surface area contributed by atoms with E-state index in [-0.39, 0.29) is 18.2 Å². The number of rotatable bonds is 5. The second-order valence-electron chi connectivity index (χ2n) is 6.07. The first-order valence-corrected chi connectivity index (χ1v) is 9.31. The number of amides is 1. The monoisotopic (exact) mass is 376 g/mol. The van der Waals surface area contributed by atoms with Crippen LogP contribution in [0.2, 0.25) is 0 Å². The van der Waals surface area contributed by atoms with Crippen molar-refractivity contribution in [3.8, 4) is 11.5 Å². The number of nitrogens with one attached hydrogen (secondary N) is 1. The van der Waals surface area contributed by atoms with Gasteiger partial charge in [-0.1, -0.05) is 24.3 Å². The molecule has 0 saturated carbocycles. The highest BCUT2D eigenvalue weighted by molar-refractivity contribution is 7.07. The Labute approximate surface area is 159 Å². The third-order valence-electron chi connectivity index (χ3n) is 4.17. The normalized spacial score (nSPS) is 10.9. The molecule has 0 aliphatic heterocycles. The van der Waals surface area contributed by atoms with Gasteiger partial charge in [-0.15, -0.1) is 11.3 Å². The van der Waals surface area contributed by atoms with Gasteiger partial charge in [0.1, 0.15) is 12.2 Å². The Bertz CT molecular complexity index is 1130. The molecular weight excluding hydrogens is 360 g/mol. The summed E-state index contributed by atoms with van der Waals surface area (Å²) in [6.07, 6.45) is 0. The van der Waals surface area contributed by atoms with Gasteiger partial charge in [-0.2, -0.15) is 0 Å². The van der Waals surface area contributed by atoms with Crippen LogP contribution in [0.15, 0.2) is 59.4 Å². The zero-order valence-electron chi connectivity index (χ0n) is 14.5. The maximum absolute atomic E-state index is 12.7. The zero-order chi connectivity index (χ0) is 18.8. The topological polar surface area (TPSA) is 76.9 Å². The number of imidazole rings is 1. The Hall–Kier alpha value is -3.32. The number of thiazole rings is 1. The molecule has 0 spiro atoms. The molecule has 6 nitrogen and oxygen atoms in total. The van der Waals surface area contributed by atoms with E-state index in [1.807, 2.05) is 34.2 Å². The molecule has 1 amide bonds. The van der Waals surface area contributed by atoms with Crippen molar-refractivity contribution in [1.82, 2.24) is 14.5 Å². The highest BCUT2D eigenvalue weighted by atomic mass is 32.1. The van der Waals surface area contributed by atoms with Crippen LogP contribution in [0.1, 0.15) is 17.3 Å². The third kappa shape index (κ3) is 3.50. The van der Waals surface area contributed by atoms with Crippen LogP contribution in [0.4, 0.5) is 5.69 Å². The van der Waals surface area contributed by atoms with Gasteiger partial charge in [-0.3, -0.25) is 9.59 Å². The smallest absolute Gasteiger partial charge is 0.244 e. The van der Waals surface area contributed by atoms with E-state index < -0.39 is 0 Å². The van der Waals surface area contributed by atoms with E-state index in [1.54, 1.807) is 29.8 Å². The van der Waals surface area contributed by atoms with Gasteiger partial charge in [0.25, 0.3) is 0 Å². The maximum atomic E-state index is 12.7. The van der Waals surface area contributed by atoms with Crippen LogP contribution in [0, 0.1) is 0 Å². The molecule has 2 heterocycles. The number of aromatic nitrogens is 3. The molecule has 1 N–H and O–H groups in total. The molecule has 0 bridgehead atoms. The van der Waals surface area contributed by atoms with Crippen molar-refractivity contribution < 1.29 is 9.59 Å². The van der Waals surface area contributed by atoms with E-state index in [1.165, 1.54) is 18.3 Å². The fraction of sp³-hybridized carbons (Fsp3) is 0.100. The fourth-order valence-electron chi connectivity index (χ4n) is 2.91. The number of ketones is 1. The van der Waals surface area contributed by atoms with Crippen LogP contribution in [-0.2, 0) is 11.3 Å². The fourth-order valence-corrected chi connectivity index (χ4v) is 3.44. The lowest BCUT2D eigenvalue weighted by Gasteiger charge is -2.10. The summed E-state index contributed by atoms with van der Waals surface area (Å²) in [7, 11) is 0. The van der Waals surface area contributed by atoms with E-state index in [0.717, 1.165) is 16.7 Å².